The van der Waals surface area contributed by atoms with Crippen molar-refractivity contribution in [3.63, 3.8) is 0 Å². The molecule has 0 amide bonds. The highest BCUT2D eigenvalue weighted by molar-refractivity contribution is 5.83. The number of aromatic amines is 1. The Morgan fingerprint density at radius 2 is 1.79 bits per heavy atom. The smallest absolute Gasteiger partial charge is 0.347 e. The average Bonchev–Trinajstić information content (AvgIpc) is 2.78. The third kappa shape index (κ3) is 7.06. The first kappa shape index (κ1) is 29.0. The van der Waals surface area contributed by atoms with Gasteiger partial charge in [0.05, 0.1) is 23.1 Å². The Hall–Kier alpha value is -3.53. The summed E-state index contributed by atoms with van der Waals surface area (Å²) in [6, 6.07) is 3.06. The summed E-state index contributed by atoms with van der Waals surface area (Å²) in [5.41, 5.74) is 1.78. The van der Waals surface area contributed by atoms with E-state index in [1.807, 2.05) is 51.7 Å². The number of rotatable bonds is 9. The predicted octanol–water partition coefficient (Wildman–Crippen LogP) is 2.62. The van der Waals surface area contributed by atoms with Gasteiger partial charge in [0.2, 0.25) is 0 Å². The van der Waals surface area contributed by atoms with Crippen molar-refractivity contribution < 1.29 is 19.1 Å². The second-order valence-electron chi connectivity index (χ2n) is 11.2. The molecule has 1 aromatic carbocycles. The van der Waals surface area contributed by atoms with Crippen LogP contribution in [0.2, 0.25) is 0 Å². The molecule has 1 aliphatic heterocycles. The number of benzene rings is 1. The van der Waals surface area contributed by atoms with E-state index in [1.54, 1.807) is 20.8 Å². The summed E-state index contributed by atoms with van der Waals surface area (Å²) in [7, 11) is 0. The van der Waals surface area contributed by atoms with E-state index in [4.69, 9.17) is 14.5 Å². The molecule has 206 valence electrons. The average molecular weight is 526 g/mol. The first-order chi connectivity index (χ1) is 17.6. The van der Waals surface area contributed by atoms with Gasteiger partial charge >= 0.3 is 17.6 Å². The first-order valence-electron chi connectivity index (χ1n) is 12.8. The third-order valence-corrected chi connectivity index (χ3v) is 6.36. The fourth-order valence-electron chi connectivity index (χ4n) is 3.91. The van der Waals surface area contributed by atoms with E-state index in [1.165, 1.54) is 0 Å². The molecule has 1 atom stereocenters. The predicted molar refractivity (Wildman–Crippen MR) is 146 cm³/mol. The summed E-state index contributed by atoms with van der Waals surface area (Å²) >= 11 is 0. The highest BCUT2D eigenvalue weighted by Gasteiger charge is 2.31. The molecule has 0 aliphatic carbocycles. The molecule has 0 saturated carbocycles. The van der Waals surface area contributed by atoms with Gasteiger partial charge in [-0.3, -0.25) is 9.59 Å². The van der Waals surface area contributed by atoms with Crippen LogP contribution in [0.5, 0.6) is 0 Å². The Kier molecular flexibility index (Phi) is 8.45. The summed E-state index contributed by atoms with van der Waals surface area (Å²) in [5.74, 6) is -0.651. The van der Waals surface area contributed by atoms with Gasteiger partial charge in [-0.2, -0.15) is 4.98 Å². The maximum Gasteiger partial charge on any atom is 0.347 e. The van der Waals surface area contributed by atoms with Gasteiger partial charge in [0, 0.05) is 13.1 Å². The number of anilines is 2. The molecule has 1 unspecified atom stereocenters. The fraction of sp³-hybridized carbons (Fsp3) is 0.536. The number of nitrogens with one attached hydrogen (secondary N) is 2. The number of nitrogens with zero attached hydrogens (tertiary/aromatic N) is 3. The highest BCUT2D eigenvalue weighted by Crippen LogP contribution is 2.36. The lowest BCUT2D eigenvalue weighted by atomic mass is 10.1. The molecular weight excluding hydrogens is 486 g/mol. The molecule has 2 heterocycles. The first-order valence-corrected chi connectivity index (χ1v) is 12.8. The lowest BCUT2D eigenvalue weighted by Crippen LogP contribution is -2.47. The van der Waals surface area contributed by atoms with Crippen LogP contribution < -0.4 is 26.6 Å². The van der Waals surface area contributed by atoms with Gasteiger partial charge < -0.3 is 24.7 Å². The van der Waals surface area contributed by atoms with Crippen molar-refractivity contribution >= 4 is 35.7 Å². The lowest BCUT2D eigenvalue weighted by Gasteiger charge is -2.30. The van der Waals surface area contributed by atoms with E-state index in [0.29, 0.717) is 29.5 Å². The molecule has 3 rings (SSSR count). The molecule has 2 aromatic rings. The van der Waals surface area contributed by atoms with Crippen LogP contribution >= 0.6 is 0 Å². The Morgan fingerprint density at radius 1 is 1.13 bits per heavy atom. The number of fused-ring (bicyclic) bond motifs is 2. The number of aryl methyl sites for hydroxylation is 2. The summed E-state index contributed by atoms with van der Waals surface area (Å²) in [4.78, 5) is 51.2. The molecule has 2 N–H and O–H groups in total. The van der Waals surface area contributed by atoms with E-state index >= 15 is 0 Å². The number of esters is 2. The highest BCUT2D eigenvalue weighted by atomic mass is 16.6. The van der Waals surface area contributed by atoms with Gasteiger partial charge in [0.25, 0.3) is 0 Å². The quantitative estimate of drug-likeness (QED) is 0.479. The second kappa shape index (κ2) is 11.1. The molecule has 38 heavy (non-hydrogen) atoms. The standard InChI is InChI=1S/C28H39N5O5/c1-10-28(8,9)37-22(34)15-20(25(35)38-27(5,6)7)29-11-12-33-21-14-17(3)16(2)13-19(21)31-23-18(4)30-26(36)32-24(23)33/h13-14,20,29H,4,10-12,15H2,1-3,5-9H3,(H,30,36). The lowest BCUT2D eigenvalue weighted by molar-refractivity contribution is -0.165. The minimum absolute atomic E-state index is 0.180. The maximum atomic E-state index is 13.0. The van der Waals surface area contributed by atoms with Crippen LogP contribution in [0.25, 0.3) is 6.58 Å². The van der Waals surface area contributed by atoms with Gasteiger partial charge in [-0.05, 0) is 78.1 Å². The van der Waals surface area contributed by atoms with Gasteiger partial charge in [-0.15, -0.1) is 0 Å². The summed E-state index contributed by atoms with van der Waals surface area (Å²) in [5, 5.41) is 4.02. The molecule has 10 heteroatoms. The second-order valence-corrected chi connectivity index (χ2v) is 11.2. The molecule has 0 bridgehead atoms. The molecular formula is C28H39N5O5. The van der Waals surface area contributed by atoms with Crippen molar-refractivity contribution in [1.29, 1.82) is 0 Å². The summed E-state index contributed by atoms with van der Waals surface area (Å²) < 4.78 is 11.1. The summed E-state index contributed by atoms with van der Waals surface area (Å²) in [6.45, 7) is 19.5. The van der Waals surface area contributed by atoms with Crippen LogP contribution in [0.3, 0.4) is 0 Å². The van der Waals surface area contributed by atoms with E-state index in [0.717, 1.165) is 22.5 Å². The van der Waals surface area contributed by atoms with E-state index in [-0.39, 0.29) is 13.0 Å². The molecule has 10 nitrogen and oxygen atoms in total. The number of ether oxygens (including phenoxy) is 2. The van der Waals surface area contributed by atoms with Crippen LogP contribution in [0, 0.1) is 13.8 Å². The van der Waals surface area contributed by atoms with E-state index in [2.05, 4.69) is 21.9 Å². The van der Waals surface area contributed by atoms with Crippen molar-refractivity contribution in [2.45, 2.75) is 85.5 Å². The summed E-state index contributed by atoms with van der Waals surface area (Å²) in [6.07, 6.45) is 0.460. The zero-order valence-electron chi connectivity index (χ0n) is 23.7. The van der Waals surface area contributed by atoms with Gasteiger partial charge in [0.15, 0.2) is 5.82 Å². The number of hydrogen-bond acceptors (Lipinski definition) is 9. The van der Waals surface area contributed by atoms with Crippen LogP contribution in [0.1, 0.15) is 65.5 Å². The number of H-pyrrole nitrogens is 1. The SMILES string of the molecule is C=c1[nH]c(=O)nc2c1=Nc1cc(C)c(C)cc1N2CCNC(CC(=O)OC(C)(C)CC)C(=O)OC(C)(C)C. The zero-order valence-corrected chi connectivity index (χ0v) is 23.7. The van der Waals surface area contributed by atoms with Crippen molar-refractivity contribution in [3.05, 3.63) is 44.5 Å². The molecule has 0 fully saturated rings. The molecule has 1 aliphatic rings. The van der Waals surface area contributed by atoms with Gasteiger partial charge in [0.1, 0.15) is 22.6 Å². The van der Waals surface area contributed by atoms with Crippen molar-refractivity contribution in [3.8, 4) is 0 Å². The molecule has 1 aromatic heterocycles. The normalized spacial score (nSPS) is 13.7. The topological polar surface area (TPSA) is 126 Å². The van der Waals surface area contributed by atoms with Crippen molar-refractivity contribution in [1.82, 2.24) is 15.3 Å². The number of carbonyl (C=O) groups excluding carboxylic acids is 2. The van der Waals surface area contributed by atoms with Crippen molar-refractivity contribution in [2.24, 2.45) is 4.99 Å². The third-order valence-electron chi connectivity index (χ3n) is 6.36. The van der Waals surface area contributed by atoms with Crippen LogP contribution in [0.4, 0.5) is 17.2 Å². The van der Waals surface area contributed by atoms with Gasteiger partial charge in [-0.25, -0.2) is 9.79 Å². The fourth-order valence-corrected chi connectivity index (χ4v) is 3.91. The molecule has 0 radical (unpaired) electrons. The number of hydrogen-bond donors (Lipinski definition) is 2. The minimum atomic E-state index is -0.918. The van der Waals surface area contributed by atoms with Crippen LogP contribution in [0.15, 0.2) is 21.9 Å². The molecule has 0 saturated heterocycles. The van der Waals surface area contributed by atoms with Crippen LogP contribution in [-0.2, 0) is 19.1 Å². The zero-order chi connectivity index (χ0) is 28.4. The Labute approximate surface area is 223 Å². The minimum Gasteiger partial charge on any atom is -0.460 e. The Bertz CT molecular complexity index is 1390. The van der Waals surface area contributed by atoms with E-state index in [9.17, 15) is 14.4 Å². The van der Waals surface area contributed by atoms with E-state index < -0.39 is 34.9 Å². The monoisotopic (exact) mass is 525 g/mol. The van der Waals surface area contributed by atoms with Crippen LogP contribution in [-0.4, -0.2) is 52.2 Å². The number of aromatic nitrogens is 2. The Morgan fingerprint density at radius 3 is 2.42 bits per heavy atom. The molecule has 0 spiro atoms. The Balaban J connectivity index is 1.88. The largest absolute Gasteiger partial charge is 0.460 e. The number of carbonyl (C=O) groups is 2. The maximum absolute atomic E-state index is 13.0. The van der Waals surface area contributed by atoms with Crippen molar-refractivity contribution in [2.75, 3.05) is 18.0 Å². The van der Waals surface area contributed by atoms with Gasteiger partial charge in [-0.1, -0.05) is 13.5 Å².